The molecule has 0 spiro atoms. The Hall–Kier alpha value is -2.16. The van der Waals surface area contributed by atoms with E-state index in [0.29, 0.717) is 6.61 Å². The van der Waals surface area contributed by atoms with Gasteiger partial charge in [0.15, 0.2) is 0 Å². The number of nitrogens with zero attached hydrogens (tertiary/aromatic N) is 1. The van der Waals surface area contributed by atoms with E-state index in [1.165, 1.54) is 5.56 Å². The Kier molecular flexibility index (Phi) is 3.03. The number of ether oxygens (including phenoxy) is 2. The van der Waals surface area contributed by atoms with Gasteiger partial charge in [0, 0.05) is 0 Å². The zero-order chi connectivity index (χ0) is 13.2. The van der Waals surface area contributed by atoms with Crippen LogP contribution in [0.25, 0.3) is 0 Å². The van der Waals surface area contributed by atoms with Gasteiger partial charge in [0.05, 0.1) is 25.0 Å². The highest BCUT2D eigenvalue weighted by Crippen LogP contribution is 2.40. The first kappa shape index (κ1) is 11.9. The molecule has 0 radical (unpaired) electrons. The van der Waals surface area contributed by atoms with Gasteiger partial charge in [-0.1, -0.05) is 18.2 Å². The van der Waals surface area contributed by atoms with Gasteiger partial charge in [0.1, 0.15) is 18.1 Å². The van der Waals surface area contributed by atoms with Crippen LogP contribution in [0.15, 0.2) is 42.5 Å². The second-order valence-corrected chi connectivity index (χ2v) is 4.64. The Balaban J connectivity index is 2.11. The third-order valence-electron chi connectivity index (χ3n) is 3.35. The molecule has 0 atom stereocenters. The summed E-state index contributed by atoms with van der Waals surface area (Å²) in [6.45, 7) is 3.61. The molecule has 3 heteroatoms. The fraction of sp³-hybridized carbons (Fsp3) is 0.250. The monoisotopic (exact) mass is 255 g/mol. The Labute approximate surface area is 113 Å². The van der Waals surface area contributed by atoms with Gasteiger partial charge in [-0.25, -0.2) is 0 Å². The molecule has 0 bridgehead atoms. The van der Waals surface area contributed by atoms with Crippen LogP contribution in [0.5, 0.6) is 11.5 Å². The summed E-state index contributed by atoms with van der Waals surface area (Å²) in [7, 11) is 1.71. The van der Waals surface area contributed by atoms with Gasteiger partial charge >= 0.3 is 0 Å². The van der Waals surface area contributed by atoms with Crippen molar-refractivity contribution in [1.82, 2.24) is 0 Å². The van der Waals surface area contributed by atoms with Gasteiger partial charge in [-0.2, -0.15) is 0 Å². The minimum absolute atomic E-state index is 0.689. The molecular formula is C16H17NO2. The smallest absolute Gasteiger partial charge is 0.143 e. The van der Waals surface area contributed by atoms with Crippen molar-refractivity contribution in [3.8, 4) is 11.5 Å². The predicted molar refractivity (Wildman–Crippen MR) is 76.7 cm³/mol. The van der Waals surface area contributed by atoms with Crippen molar-refractivity contribution >= 4 is 11.4 Å². The second kappa shape index (κ2) is 4.84. The Morgan fingerprint density at radius 3 is 2.79 bits per heavy atom. The van der Waals surface area contributed by atoms with Crippen molar-refractivity contribution < 1.29 is 9.47 Å². The molecule has 0 unspecified atom stereocenters. The van der Waals surface area contributed by atoms with E-state index in [-0.39, 0.29) is 0 Å². The summed E-state index contributed by atoms with van der Waals surface area (Å²) < 4.78 is 11.2. The first-order chi connectivity index (χ1) is 9.29. The molecule has 0 fully saturated rings. The summed E-state index contributed by atoms with van der Waals surface area (Å²) >= 11 is 0. The van der Waals surface area contributed by atoms with Crippen LogP contribution in [0, 0.1) is 6.92 Å². The topological polar surface area (TPSA) is 21.7 Å². The zero-order valence-corrected chi connectivity index (χ0v) is 11.2. The summed E-state index contributed by atoms with van der Waals surface area (Å²) in [4.78, 5) is 2.25. The molecule has 1 aliphatic rings. The average molecular weight is 255 g/mol. The highest BCUT2D eigenvalue weighted by Gasteiger charge is 2.21. The Morgan fingerprint density at radius 1 is 1.11 bits per heavy atom. The average Bonchev–Trinajstić information content (AvgIpc) is 2.46. The van der Waals surface area contributed by atoms with E-state index < -0.39 is 0 Å². The van der Waals surface area contributed by atoms with Crippen LogP contribution >= 0.6 is 0 Å². The van der Waals surface area contributed by atoms with Gasteiger partial charge in [0.25, 0.3) is 0 Å². The lowest BCUT2D eigenvalue weighted by Crippen LogP contribution is -2.28. The summed E-state index contributed by atoms with van der Waals surface area (Å²) in [6.07, 6.45) is 0. The number of aryl methyl sites for hydroxylation is 1. The Bertz CT molecular complexity index is 595. The highest BCUT2D eigenvalue weighted by molar-refractivity contribution is 5.74. The summed E-state index contributed by atoms with van der Waals surface area (Å²) in [5.74, 6) is 1.82. The molecule has 2 aromatic rings. The number of para-hydroxylation sites is 2. The van der Waals surface area contributed by atoms with Gasteiger partial charge in [0.2, 0.25) is 0 Å². The number of fused-ring (bicyclic) bond motifs is 1. The van der Waals surface area contributed by atoms with Gasteiger partial charge in [-0.3, -0.25) is 0 Å². The lowest BCUT2D eigenvalue weighted by atomic mass is 10.1. The quantitative estimate of drug-likeness (QED) is 0.819. The molecule has 0 saturated heterocycles. The molecule has 98 valence electrons. The van der Waals surface area contributed by atoms with Crippen LogP contribution in [0.3, 0.4) is 0 Å². The molecule has 0 aliphatic carbocycles. The maximum atomic E-state index is 5.70. The molecule has 3 rings (SSSR count). The molecule has 1 aliphatic heterocycles. The van der Waals surface area contributed by atoms with E-state index in [2.05, 4.69) is 30.0 Å². The van der Waals surface area contributed by atoms with Crippen molar-refractivity contribution in [2.75, 3.05) is 25.2 Å². The number of benzene rings is 2. The molecule has 0 N–H and O–H groups in total. The van der Waals surface area contributed by atoms with Crippen molar-refractivity contribution in [2.45, 2.75) is 6.92 Å². The molecule has 1 heterocycles. The minimum atomic E-state index is 0.689. The second-order valence-electron chi connectivity index (χ2n) is 4.64. The van der Waals surface area contributed by atoms with Gasteiger partial charge in [-0.05, 0) is 36.8 Å². The number of rotatable bonds is 2. The maximum Gasteiger partial charge on any atom is 0.143 e. The lowest BCUT2D eigenvalue weighted by molar-refractivity contribution is 0.313. The summed E-state index contributed by atoms with van der Waals surface area (Å²) in [5, 5.41) is 0. The Morgan fingerprint density at radius 2 is 1.95 bits per heavy atom. The first-order valence-electron chi connectivity index (χ1n) is 6.43. The summed E-state index contributed by atoms with van der Waals surface area (Å²) in [5.41, 5.74) is 3.41. The number of hydrogen-bond acceptors (Lipinski definition) is 3. The highest BCUT2D eigenvalue weighted by atomic mass is 16.5. The SMILES string of the molecule is COc1ccc(C)cc1N1CCOc2ccccc21. The zero-order valence-electron chi connectivity index (χ0n) is 11.2. The van der Waals surface area contributed by atoms with Crippen LogP contribution in [-0.2, 0) is 0 Å². The van der Waals surface area contributed by atoms with Crippen molar-refractivity contribution in [1.29, 1.82) is 0 Å². The number of hydrogen-bond donors (Lipinski definition) is 0. The fourth-order valence-corrected chi connectivity index (χ4v) is 2.43. The first-order valence-corrected chi connectivity index (χ1v) is 6.43. The molecule has 0 saturated carbocycles. The molecular weight excluding hydrogens is 238 g/mol. The van der Waals surface area contributed by atoms with Crippen molar-refractivity contribution in [2.24, 2.45) is 0 Å². The summed E-state index contributed by atoms with van der Waals surface area (Å²) in [6, 6.07) is 14.3. The van der Waals surface area contributed by atoms with E-state index in [9.17, 15) is 0 Å². The normalized spacial score (nSPS) is 13.7. The third kappa shape index (κ3) is 2.12. The van der Waals surface area contributed by atoms with Crippen LogP contribution < -0.4 is 14.4 Å². The largest absolute Gasteiger partial charge is 0.495 e. The van der Waals surface area contributed by atoms with E-state index in [0.717, 1.165) is 29.4 Å². The molecule has 0 amide bonds. The van der Waals surface area contributed by atoms with E-state index in [1.807, 2.05) is 24.3 Å². The molecule has 19 heavy (non-hydrogen) atoms. The van der Waals surface area contributed by atoms with E-state index in [4.69, 9.17) is 9.47 Å². The number of methoxy groups -OCH3 is 1. The van der Waals surface area contributed by atoms with Crippen molar-refractivity contribution in [3.05, 3.63) is 48.0 Å². The predicted octanol–water partition coefficient (Wildman–Crippen LogP) is 3.53. The van der Waals surface area contributed by atoms with E-state index in [1.54, 1.807) is 7.11 Å². The maximum absolute atomic E-state index is 5.70. The van der Waals surface area contributed by atoms with Crippen LogP contribution in [0.2, 0.25) is 0 Å². The fourth-order valence-electron chi connectivity index (χ4n) is 2.43. The molecule has 2 aromatic carbocycles. The minimum Gasteiger partial charge on any atom is -0.495 e. The van der Waals surface area contributed by atoms with Crippen molar-refractivity contribution in [3.63, 3.8) is 0 Å². The lowest BCUT2D eigenvalue weighted by Gasteiger charge is -2.32. The number of anilines is 2. The molecule has 3 nitrogen and oxygen atoms in total. The third-order valence-corrected chi connectivity index (χ3v) is 3.35. The standard InChI is InChI=1S/C16H17NO2/c1-12-7-8-15(18-2)14(11-12)17-9-10-19-16-6-4-3-5-13(16)17/h3-8,11H,9-10H2,1-2H3. The van der Waals surface area contributed by atoms with Crippen LogP contribution in [0.4, 0.5) is 11.4 Å². The van der Waals surface area contributed by atoms with E-state index >= 15 is 0 Å². The molecule has 0 aromatic heterocycles. The van der Waals surface area contributed by atoms with Gasteiger partial charge in [-0.15, -0.1) is 0 Å². The van der Waals surface area contributed by atoms with Crippen LogP contribution in [-0.4, -0.2) is 20.3 Å². The van der Waals surface area contributed by atoms with Gasteiger partial charge < -0.3 is 14.4 Å². The van der Waals surface area contributed by atoms with Crippen LogP contribution in [0.1, 0.15) is 5.56 Å².